The predicted octanol–water partition coefficient (Wildman–Crippen LogP) is 1.85. The number of benzene rings is 1. The minimum Gasteiger partial charge on any atom is -0.343 e. The maximum atomic E-state index is 12.0. The number of likely N-dealkylation sites (tertiary alicyclic amines) is 1. The Kier molecular flexibility index (Phi) is 5.76. The highest BCUT2D eigenvalue weighted by Gasteiger charge is 2.25. The highest BCUT2D eigenvalue weighted by Crippen LogP contribution is 2.20. The first-order valence-corrected chi connectivity index (χ1v) is 7.86. The van der Waals surface area contributed by atoms with Crippen molar-refractivity contribution in [2.45, 2.75) is 44.8 Å². The van der Waals surface area contributed by atoms with Crippen molar-refractivity contribution in [3.8, 4) is 0 Å². The number of nitrogens with zero attached hydrogens (tertiary/aromatic N) is 2. The maximum absolute atomic E-state index is 12.0. The van der Waals surface area contributed by atoms with E-state index in [9.17, 15) is 4.79 Å². The van der Waals surface area contributed by atoms with E-state index in [0.717, 1.165) is 26.1 Å². The largest absolute Gasteiger partial charge is 0.343 e. The zero-order valence-electron chi connectivity index (χ0n) is 13.2. The lowest BCUT2D eigenvalue weighted by atomic mass is 10.0. The smallest absolute Gasteiger partial charge is 0.238 e. The Morgan fingerprint density at radius 3 is 2.76 bits per heavy atom. The Labute approximate surface area is 127 Å². The predicted molar refractivity (Wildman–Crippen MR) is 85.8 cm³/mol. The number of hydrogen-bond donors (Lipinski definition) is 1. The number of nitrogens with two attached hydrogens (primary N) is 1. The van der Waals surface area contributed by atoms with Crippen LogP contribution in [0.5, 0.6) is 0 Å². The van der Waals surface area contributed by atoms with Gasteiger partial charge in [0.05, 0.1) is 6.04 Å². The molecule has 2 N–H and O–H groups in total. The fourth-order valence-electron chi connectivity index (χ4n) is 3.05. The maximum Gasteiger partial charge on any atom is 0.238 e. The van der Waals surface area contributed by atoms with E-state index < -0.39 is 6.04 Å². The molecule has 0 bridgehead atoms. The third-order valence-electron chi connectivity index (χ3n) is 4.23. The molecule has 21 heavy (non-hydrogen) atoms. The summed E-state index contributed by atoms with van der Waals surface area (Å²) in [5.74, 6) is 0.0280. The number of carbonyl (C=O) groups is 1. The number of likely N-dealkylation sites (N-methyl/N-ethyl adjacent to an activating group) is 1. The molecule has 1 heterocycles. The van der Waals surface area contributed by atoms with Gasteiger partial charge in [0.1, 0.15) is 0 Å². The van der Waals surface area contributed by atoms with Crippen molar-refractivity contribution in [2.24, 2.45) is 5.73 Å². The van der Waals surface area contributed by atoms with Gasteiger partial charge >= 0.3 is 0 Å². The first-order chi connectivity index (χ1) is 10.1. The van der Waals surface area contributed by atoms with E-state index >= 15 is 0 Å². The van der Waals surface area contributed by atoms with Crippen LogP contribution >= 0.6 is 0 Å². The molecule has 1 aromatic carbocycles. The Bertz CT molecular complexity index is 447. The normalized spacial score (nSPS) is 21.0. The van der Waals surface area contributed by atoms with Crippen molar-refractivity contribution in [1.29, 1.82) is 0 Å². The molecule has 116 valence electrons. The van der Waals surface area contributed by atoms with Crippen molar-refractivity contribution in [2.75, 3.05) is 20.1 Å². The molecule has 0 radical (unpaired) electrons. The van der Waals surface area contributed by atoms with Gasteiger partial charge in [0, 0.05) is 26.2 Å². The van der Waals surface area contributed by atoms with Crippen molar-refractivity contribution in [3.63, 3.8) is 0 Å². The van der Waals surface area contributed by atoms with Gasteiger partial charge in [-0.05, 0) is 31.9 Å². The van der Waals surface area contributed by atoms with Crippen LogP contribution in [0.3, 0.4) is 0 Å². The molecule has 1 fully saturated rings. The van der Waals surface area contributed by atoms with Gasteiger partial charge in [0.2, 0.25) is 5.91 Å². The second-order valence-electron chi connectivity index (χ2n) is 6.11. The molecule has 0 aliphatic carbocycles. The van der Waals surface area contributed by atoms with E-state index in [1.165, 1.54) is 18.4 Å². The minimum atomic E-state index is -0.416. The summed E-state index contributed by atoms with van der Waals surface area (Å²) in [5, 5.41) is 0. The van der Waals surface area contributed by atoms with Crippen molar-refractivity contribution in [1.82, 2.24) is 9.80 Å². The van der Waals surface area contributed by atoms with Crippen molar-refractivity contribution < 1.29 is 4.79 Å². The Balaban J connectivity index is 1.97. The van der Waals surface area contributed by atoms with E-state index in [2.05, 4.69) is 29.2 Å². The van der Waals surface area contributed by atoms with Gasteiger partial charge < -0.3 is 10.6 Å². The minimum absolute atomic E-state index is 0.0280. The number of rotatable bonds is 5. The first-order valence-electron chi connectivity index (χ1n) is 7.86. The summed E-state index contributed by atoms with van der Waals surface area (Å²) in [6.45, 7) is 4.60. The van der Waals surface area contributed by atoms with Crippen molar-refractivity contribution >= 4 is 5.91 Å². The van der Waals surface area contributed by atoms with Crippen LogP contribution in [0.4, 0.5) is 0 Å². The summed E-state index contributed by atoms with van der Waals surface area (Å²) >= 11 is 0. The Morgan fingerprint density at radius 2 is 2.10 bits per heavy atom. The van der Waals surface area contributed by atoms with E-state index in [-0.39, 0.29) is 5.91 Å². The van der Waals surface area contributed by atoms with E-state index in [0.29, 0.717) is 6.04 Å². The Hall–Kier alpha value is -1.39. The van der Waals surface area contributed by atoms with Gasteiger partial charge in [-0.3, -0.25) is 9.69 Å². The number of amides is 1. The van der Waals surface area contributed by atoms with E-state index in [1.54, 1.807) is 11.8 Å². The summed E-state index contributed by atoms with van der Waals surface area (Å²) in [6.07, 6.45) is 3.65. The van der Waals surface area contributed by atoms with Crippen molar-refractivity contribution in [3.05, 3.63) is 35.9 Å². The summed E-state index contributed by atoms with van der Waals surface area (Å²) in [7, 11) is 1.86. The van der Waals surface area contributed by atoms with Gasteiger partial charge in [0.15, 0.2) is 0 Å². The molecule has 0 spiro atoms. The lowest BCUT2D eigenvalue weighted by molar-refractivity contribution is -0.131. The van der Waals surface area contributed by atoms with Gasteiger partial charge in [0.25, 0.3) is 0 Å². The SMILES string of the molecule is CC(N)C(=O)N(C)CC1CCCCN1Cc1ccccc1. The van der Waals surface area contributed by atoms with Crippen LogP contribution in [0.25, 0.3) is 0 Å². The van der Waals surface area contributed by atoms with Crippen LogP contribution in [0.15, 0.2) is 30.3 Å². The lowest BCUT2D eigenvalue weighted by Crippen LogP contribution is -2.49. The van der Waals surface area contributed by atoms with E-state index in [1.807, 2.05) is 13.1 Å². The molecule has 1 aliphatic rings. The summed E-state index contributed by atoms with van der Waals surface area (Å²) in [5.41, 5.74) is 7.03. The molecule has 1 amide bonds. The molecule has 1 saturated heterocycles. The molecule has 4 nitrogen and oxygen atoms in total. The molecular weight excluding hydrogens is 262 g/mol. The number of hydrogen-bond acceptors (Lipinski definition) is 3. The zero-order chi connectivity index (χ0) is 15.2. The molecule has 2 atom stereocenters. The standard InChI is InChI=1S/C17H27N3O/c1-14(18)17(21)19(2)13-16-10-6-7-11-20(16)12-15-8-4-3-5-9-15/h3-5,8-9,14,16H,6-7,10-13,18H2,1-2H3. The third kappa shape index (κ3) is 4.55. The lowest BCUT2D eigenvalue weighted by Gasteiger charge is -2.38. The topological polar surface area (TPSA) is 49.6 Å². The molecule has 4 heteroatoms. The summed E-state index contributed by atoms with van der Waals surface area (Å²) in [6, 6.07) is 10.6. The second kappa shape index (κ2) is 7.57. The molecule has 2 rings (SSSR count). The summed E-state index contributed by atoms with van der Waals surface area (Å²) < 4.78 is 0. The quantitative estimate of drug-likeness (QED) is 0.900. The first kappa shape index (κ1) is 16.0. The van der Waals surface area contributed by atoms with Gasteiger partial charge in [-0.2, -0.15) is 0 Å². The van der Waals surface area contributed by atoms with Crippen LogP contribution in [-0.2, 0) is 11.3 Å². The van der Waals surface area contributed by atoms with Gasteiger partial charge in [-0.15, -0.1) is 0 Å². The highest BCUT2D eigenvalue weighted by atomic mass is 16.2. The second-order valence-corrected chi connectivity index (χ2v) is 6.11. The average Bonchev–Trinajstić information content (AvgIpc) is 2.49. The molecule has 0 saturated carbocycles. The average molecular weight is 289 g/mol. The van der Waals surface area contributed by atoms with Crippen LogP contribution in [0.1, 0.15) is 31.7 Å². The van der Waals surface area contributed by atoms with Crippen LogP contribution in [0.2, 0.25) is 0 Å². The highest BCUT2D eigenvalue weighted by molar-refractivity contribution is 5.80. The van der Waals surface area contributed by atoms with Crippen LogP contribution < -0.4 is 5.73 Å². The van der Waals surface area contributed by atoms with Gasteiger partial charge in [-0.25, -0.2) is 0 Å². The van der Waals surface area contributed by atoms with Crippen LogP contribution in [0, 0.1) is 0 Å². The van der Waals surface area contributed by atoms with Gasteiger partial charge in [-0.1, -0.05) is 36.8 Å². The molecule has 2 unspecified atom stereocenters. The fraction of sp³-hybridized carbons (Fsp3) is 0.588. The number of piperidine rings is 1. The summed E-state index contributed by atoms with van der Waals surface area (Å²) in [4.78, 5) is 16.3. The van der Waals surface area contributed by atoms with E-state index in [4.69, 9.17) is 5.73 Å². The zero-order valence-corrected chi connectivity index (χ0v) is 13.2. The third-order valence-corrected chi connectivity index (χ3v) is 4.23. The molecular formula is C17H27N3O. The Morgan fingerprint density at radius 1 is 1.38 bits per heavy atom. The fourth-order valence-corrected chi connectivity index (χ4v) is 3.05. The number of carbonyl (C=O) groups excluding carboxylic acids is 1. The molecule has 1 aromatic rings. The monoisotopic (exact) mass is 289 g/mol. The molecule has 1 aliphatic heterocycles. The molecule has 0 aromatic heterocycles. The van der Waals surface area contributed by atoms with Crippen LogP contribution in [-0.4, -0.2) is 47.9 Å².